The zero-order chi connectivity index (χ0) is 14.4. The lowest BCUT2D eigenvalue weighted by atomic mass is 9.92. The molecule has 0 spiro atoms. The molecule has 4 nitrogen and oxygen atoms in total. The van der Waals surface area contributed by atoms with Gasteiger partial charge in [0.15, 0.2) is 0 Å². The van der Waals surface area contributed by atoms with Crippen LogP contribution in [0.3, 0.4) is 0 Å². The van der Waals surface area contributed by atoms with Crippen molar-refractivity contribution in [3.63, 3.8) is 0 Å². The van der Waals surface area contributed by atoms with Gasteiger partial charge in [-0.05, 0) is 30.9 Å². The second kappa shape index (κ2) is 7.29. The second-order valence-electron chi connectivity index (χ2n) is 5.63. The Hall–Kier alpha value is -1.55. The maximum atomic E-state index is 8.87. The summed E-state index contributed by atoms with van der Waals surface area (Å²) >= 11 is 0. The Kier molecular flexibility index (Phi) is 5.41. The number of rotatable bonds is 5. The van der Waals surface area contributed by atoms with Crippen molar-refractivity contribution in [3.8, 4) is 0 Å². The van der Waals surface area contributed by atoms with Crippen LogP contribution in [0.5, 0.6) is 0 Å². The number of hydrogen-bond acceptors (Lipinski definition) is 3. The van der Waals surface area contributed by atoms with Gasteiger partial charge in [0.25, 0.3) is 0 Å². The van der Waals surface area contributed by atoms with Gasteiger partial charge in [-0.2, -0.15) is 0 Å². The van der Waals surface area contributed by atoms with E-state index < -0.39 is 0 Å². The lowest BCUT2D eigenvalue weighted by Crippen LogP contribution is -2.39. The van der Waals surface area contributed by atoms with Crippen LogP contribution in [0.25, 0.3) is 0 Å². The van der Waals surface area contributed by atoms with Crippen molar-refractivity contribution in [1.82, 2.24) is 4.90 Å². The van der Waals surface area contributed by atoms with Crippen LogP contribution < -0.4 is 5.73 Å². The molecule has 1 aliphatic rings. The van der Waals surface area contributed by atoms with Crippen LogP contribution in [0, 0.1) is 5.92 Å². The zero-order valence-electron chi connectivity index (χ0n) is 12.2. The van der Waals surface area contributed by atoms with Crippen molar-refractivity contribution in [2.75, 3.05) is 13.1 Å². The average Bonchev–Trinajstić information content (AvgIpc) is 2.53. The Morgan fingerprint density at radius 2 is 2.20 bits per heavy atom. The highest BCUT2D eigenvalue weighted by Gasteiger charge is 2.26. The molecule has 20 heavy (non-hydrogen) atoms. The first-order chi connectivity index (χ1) is 9.74. The fourth-order valence-corrected chi connectivity index (χ4v) is 3.09. The molecule has 0 amide bonds. The van der Waals surface area contributed by atoms with Crippen molar-refractivity contribution in [2.24, 2.45) is 16.8 Å². The van der Waals surface area contributed by atoms with Gasteiger partial charge in [-0.3, -0.25) is 4.90 Å². The first-order valence-corrected chi connectivity index (χ1v) is 7.50. The second-order valence-corrected chi connectivity index (χ2v) is 5.63. The summed E-state index contributed by atoms with van der Waals surface area (Å²) in [5.74, 6) is 1.07. The summed E-state index contributed by atoms with van der Waals surface area (Å²) in [6.07, 6.45) is 4.36. The van der Waals surface area contributed by atoms with Crippen molar-refractivity contribution >= 4 is 5.84 Å². The summed E-state index contributed by atoms with van der Waals surface area (Å²) in [5, 5.41) is 12.0. The maximum Gasteiger partial charge on any atom is 0.141 e. The number of likely N-dealkylation sites (tertiary alicyclic amines) is 1. The van der Waals surface area contributed by atoms with Gasteiger partial charge in [0.05, 0.1) is 0 Å². The minimum atomic E-state index is 0.210. The highest BCUT2D eigenvalue weighted by atomic mass is 16.4. The summed E-state index contributed by atoms with van der Waals surface area (Å²) in [4.78, 5) is 2.49. The van der Waals surface area contributed by atoms with Gasteiger partial charge in [0.2, 0.25) is 0 Å². The fourth-order valence-electron chi connectivity index (χ4n) is 3.09. The minimum Gasteiger partial charge on any atom is -0.409 e. The van der Waals surface area contributed by atoms with E-state index in [2.05, 4.69) is 41.2 Å². The lowest BCUT2D eigenvalue weighted by Gasteiger charge is -2.38. The Morgan fingerprint density at radius 1 is 1.45 bits per heavy atom. The highest BCUT2D eigenvalue weighted by molar-refractivity contribution is 5.80. The summed E-state index contributed by atoms with van der Waals surface area (Å²) in [6.45, 7) is 4.46. The van der Waals surface area contributed by atoms with Crippen LogP contribution in [0.15, 0.2) is 35.5 Å². The van der Waals surface area contributed by atoms with Crippen LogP contribution in [0.1, 0.15) is 44.2 Å². The largest absolute Gasteiger partial charge is 0.409 e. The molecule has 1 aromatic carbocycles. The molecule has 0 aliphatic carbocycles. The topological polar surface area (TPSA) is 61.8 Å². The summed E-state index contributed by atoms with van der Waals surface area (Å²) in [5.41, 5.74) is 7.00. The molecule has 0 radical (unpaired) electrons. The van der Waals surface area contributed by atoms with Gasteiger partial charge in [0, 0.05) is 19.0 Å². The number of nitrogens with two attached hydrogens (primary N) is 1. The number of amidine groups is 1. The van der Waals surface area contributed by atoms with Crippen molar-refractivity contribution in [1.29, 1.82) is 0 Å². The number of hydrogen-bond donors (Lipinski definition) is 2. The molecule has 2 rings (SSSR count). The summed E-state index contributed by atoms with van der Waals surface area (Å²) in [7, 11) is 0. The number of piperidine rings is 1. The molecule has 0 aromatic heterocycles. The monoisotopic (exact) mass is 275 g/mol. The molecule has 0 bridgehead atoms. The molecule has 3 N–H and O–H groups in total. The highest BCUT2D eigenvalue weighted by Crippen LogP contribution is 2.30. The number of oxime groups is 1. The van der Waals surface area contributed by atoms with Gasteiger partial charge in [-0.25, -0.2) is 0 Å². The molecule has 1 heterocycles. The molecule has 4 heteroatoms. The lowest BCUT2D eigenvalue weighted by molar-refractivity contribution is 0.123. The van der Waals surface area contributed by atoms with Gasteiger partial charge >= 0.3 is 0 Å². The van der Waals surface area contributed by atoms with Gasteiger partial charge in [-0.1, -0.05) is 48.8 Å². The molecule has 1 saturated heterocycles. The average molecular weight is 275 g/mol. The van der Waals surface area contributed by atoms with E-state index in [0.717, 1.165) is 19.0 Å². The SMILES string of the molecule is CCC1CCCN(C(CC(N)=NO)c2ccccc2)C1. The van der Waals surface area contributed by atoms with E-state index in [9.17, 15) is 0 Å². The molecule has 0 saturated carbocycles. The van der Waals surface area contributed by atoms with Gasteiger partial charge in [0.1, 0.15) is 5.84 Å². The number of benzene rings is 1. The maximum absolute atomic E-state index is 8.87. The van der Waals surface area contributed by atoms with Crippen LogP contribution in [-0.4, -0.2) is 29.0 Å². The molecule has 2 atom stereocenters. The van der Waals surface area contributed by atoms with E-state index in [1.54, 1.807) is 0 Å². The van der Waals surface area contributed by atoms with E-state index in [1.807, 2.05) is 6.07 Å². The van der Waals surface area contributed by atoms with E-state index in [4.69, 9.17) is 10.9 Å². The van der Waals surface area contributed by atoms with Crippen LogP contribution >= 0.6 is 0 Å². The Bertz CT molecular complexity index is 433. The zero-order valence-corrected chi connectivity index (χ0v) is 12.2. The van der Waals surface area contributed by atoms with Crippen molar-refractivity contribution in [2.45, 2.75) is 38.6 Å². The Balaban J connectivity index is 2.17. The molecule has 1 fully saturated rings. The van der Waals surface area contributed by atoms with E-state index in [1.165, 1.54) is 24.8 Å². The van der Waals surface area contributed by atoms with Gasteiger partial charge < -0.3 is 10.9 Å². The fraction of sp³-hybridized carbons (Fsp3) is 0.562. The van der Waals surface area contributed by atoms with E-state index >= 15 is 0 Å². The predicted molar refractivity (Wildman–Crippen MR) is 81.8 cm³/mol. The first kappa shape index (κ1) is 14.9. The quantitative estimate of drug-likeness (QED) is 0.376. The third-order valence-electron chi connectivity index (χ3n) is 4.28. The van der Waals surface area contributed by atoms with Gasteiger partial charge in [-0.15, -0.1) is 0 Å². The molecular formula is C16H25N3O. The van der Waals surface area contributed by atoms with Crippen LogP contribution in [0.4, 0.5) is 0 Å². The summed E-state index contributed by atoms with van der Waals surface area (Å²) < 4.78 is 0. The first-order valence-electron chi connectivity index (χ1n) is 7.50. The Labute approximate surface area is 121 Å². The van der Waals surface area contributed by atoms with Crippen molar-refractivity contribution < 1.29 is 5.21 Å². The minimum absolute atomic E-state index is 0.210. The summed E-state index contributed by atoms with van der Waals surface area (Å²) in [6, 6.07) is 10.6. The molecular weight excluding hydrogens is 250 g/mol. The third kappa shape index (κ3) is 3.73. The molecule has 1 aromatic rings. The normalized spacial score (nSPS) is 22.6. The smallest absolute Gasteiger partial charge is 0.141 e. The predicted octanol–water partition coefficient (Wildman–Crippen LogP) is 2.99. The molecule has 110 valence electrons. The van der Waals surface area contributed by atoms with Crippen molar-refractivity contribution in [3.05, 3.63) is 35.9 Å². The number of nitrogens with zero attached hydrogens (tertiary/aromatic N) is 2. The van der Waals surface area contributed by atoms with Crippen LogP contribution in [-0.2, 0) is 0 Å². The van der Waals surface area contributed by atoms with Crippen LogP contribution in [0.2, 0.25) is 0 Å². The van der Waals surface area contributed by atoms with E-state index in [-0.39, 0.29) is 6.04 Å². The standard InChI is InChI=1S/C16H25N3O/c1-2-13-7-6-10-19(12-13)15(11-16(17)18-20)14-8-4-3-5-9-14/h3-5,8-9,13,15,20H,2,6-7,10-12H2,1H3,(H2,17,18). The van der Waals surface area contributed by atoms with E-state index in [0.29, 0.717) is 12.3 Å². The molecule has 1 aliphatic heterocycles. The molecule has 2 unspecified atom stereocenters. The Morgan fingerprint density at radius 3 is 2.85 bits per heavy atom. The third-order valence-corrected chi connectivity index (χ3v) is 4.28.